The predicted octanol–water partition coefficient (Wildman–Crippen LogP) is 6.84. The number of rotatable bonds is 9. The fraction of sp³-hybridized carbons (Fsp3) is 0.429. The lowest BCUT2D eigenvalue weighted by molar-refractivity contribution is -0.344. The van der Waals surface area contributed by atoms with Gasteiger partial charge in [-0.2, -0.15) is 0 Å². The number of aliphatic hydroxyl groups excluding tert-OH is 1. The first-order valence-corrected chi connectivity index (χ1v) is 27.0. The van der Waals surface area contributed by atoms with Crippen molar-refractivity contribution in [1.29, 1.82) is 0 Å². The number of Topliss-reactive ketones (excluding diaryl/α,β-unsaturated/α-hetero) is 1. The topological polar surface area (TPSA) is 192 Å². The largest absolute Gasteiger partial charge is 0.455 e. The highest BCUT2D eigenvalue weighted by atomic mass is 28.4. The zero-order valence-electron chi connectivity index (χ0n) is 41.6. The van der Waals surface area contributed by atoms with Crippen molar-refractivity contribution in [2.45, 2.75) is 122 Å². The molecule has 15 heteroatoms. The number of esters is 3. The number of ketones is 1. The van der Waals surface area contributed by atoms with E-state index in [1.54, 1.807) is 82.3 Å². The molecule has 0 aromatic heterocycles. The van der Waals surface area contributed by atoms with Crippen LogP contribution in [0.25, 0.3) is 0 Å². The van der Waals surface area contributed by atoms with Crippen LogP contribution in [0.4, 0.5) is 0 Å². The minimum absolute atomic E-state index is 0.104. The van der Waals surface area contributed by atoms with E-state index in [0.29, 0.717) is 11.1 Å². The number of hydrogen-bond donors (Lipinski definition) is 2. The summed E-state index contributed by atoms with van der Waals surface area (Å²) in [4.78, 5) is 81.6. The van der Waals surface area contributed by atoms with Crippen LogP contribution in [-0.4, -0.2) is 107 Å². The molecular formula is C56H63NO13Si. The summed E-state index contributed by atoms with van der Waals surface area (Å²) in [7, 11) is -2.84. The van der Waals surface area contributed by atoms with E-state index in [4.69, 9.17) is 23.4 Å². The molecule has 14 nitrogen and oxygen atoms in total. The first-order valence-electron chi connectivity index (χ1n) is 24.1. The molecule has 5 aliphatic rings. The second-order valence-corrected chi connectivity index (χ2v) is 24.6. The van der Waals surface area contributed by atoms with Crippen molar-refractivity contribution in [3.63, 3.8) is 0 Å². The van der Waals surface area contributed by atoms with Crippen molar-refractivity contribution in [2.75, 3.05) is 6.61 Å². The van der Waals surface area contributed by atoms with E-state index in [1.807, 2.05) is 86.7 Å². The van der Waals surface area contributed by atoms with Gasteiger partial charge >= 0.3 is 17.9 Å². The van der Waals surface area contributed by atoms with Crippen LogP contribution in [0.15, 0.2) is 132 Å². The number of aliphatic hydroxyl groups is 2. The molecule has 0 radical (unpaired) electrons. The molecule has 374 valence electrons. The normalized spacial score (nSPS) is 31.6. The molecule has 2 saturated carbocycles. The molecule has 2 saturated heterocycles. The second-order valence-electron chi connectivity index (χ2n) is 20.8. The summed E-state index contributed by atoms with van der Waals surface area (Å²) in [5.41, 5.74) is -4.49. The number of fused-ring (bicyclic) bond motifs is 5. The van der Waals surface area contributed by atoms with Crippen LogP contribution < -0.4 is 5.19 Å². The van der Waals surface area contributed by atoms with E-state index in [0.717, 1.165) is 10.8 Å². The molecule has 2 aliphatic heterocycles. The molecule has 11 atom stereocenters. The Kier molecular flexibility index (Phi) is 13.8. The molecule has 2 N–H and O–H groups in total. The third-order valence-electron chi connectivity index (χ3n) is 15.8. The summed E-state index contributed by atoms with van der Waals surface area (Å²) in [6.07, 6.45) is -6.36. The summed E-state index contributed by atoms with van der Waals surface area (Å²) < 4.78 is 31.8. The molecular weight excluding hydrogens is 923 g/mol. The number of imide groups is 1. The Morgan fingerprint density at radius 3 is 1.86 bits per heavy atom. The molecule has 3 aliphatic carbocycles. The summed E-state index contributed by atoms with van der Waals surface area (Å²) in [5, 5.41) is 25.9. The van der Waals surface area contributed by atoms with Gasteiger partial charge in [-0.25, -0.2) is 4.79 Å². The van der Waals surface area contributed by atoms with Crippen molar-refractivity contribution < 1.29 is 62.4 Å². The van der Waals surface area contributed by atoms with Crippen molar-refractivity contribution in [3.8, 4) is 0 Å². The highest BCUT2D eigenvalue weighted by molar-refractivity contribution is 6.84. The summed E-state index contributed by atoms with van der Waals surface area (Å²) in [6.45, 7) is 14.9. The maximum absolute atomic E-state index is 15.7. The smallest absolute Gasteiger partial charge is 0.338 e. The Hall–Kier alpha value is -6.10. The maximum atomic E-state index is 15.7. The molecule has 0 spiro atoms. The molecule has 4 aromatic rings. The number of likely N-dealkylation sites (tertiary alicyclic amines) is 1. The van der Waals surface area contributed by atoms with Gasteiger partial charge < -0.3 is 33.6 Å². The van der Waals surface area contributed by atoms with Gasteiger partial charge in [-0.15, -0.1) is 0 Å². The van der Waals surface area contributed by atoms with E-state index in [2.05, 4.69) is 0 Å². The van der Waals surface area contributed by atoms with E-state index in [1.165, 1.54) is 18.7 Å². The van der Waals surface area contributed by atoms with Gasteiger partial charge in [0, 0.05) is 37.7 Å². The lowest BCUT2D eigenvalue weighted by Crippen LogP contribution is -2.82. The minimum atomic E-state index is -2.84. The monoisotopic (exact) mass is 985 g/mol. The first kappa shape index (κ1) is 51.3. The van der Waals surface area contributed by atoms with Gasteiger partial charge in [0.25, 0.3) is 5.91 Å². The zero-order chi connectivity index (χ0) is 51.4. The number of β-lactam (4-membered cyclic amide) rings is 1. The number of hydrogen-bond acceptors (Lipinski definition) is 13. The molecule has 4 aromatic carbocycles. The summed E-state index contributed by atoms with van der Waals surface area (Å²) >= 11 is 0. The highest BCUT2D eigenvalue weighted by Gasteiger charge is 2.78. The quantitative estimate of drug-likeness (QED) is 0.0443. The molecule has 4 fully saturated rings. The van der Waals surface area contributed by atoms with Crippen molar-refractivity contribution in [3.05, 3.63) is 149 Å². The van der Waals surface area contributed by atoms with Crippen LogP contribution in [0.3, 0.4) is 0 Å². The highest BCUT2D eigenvalue weighted by Crippen LogP contribution is 2.65. The zero-order valence-corrected chi connectivity index (χ0v) is 42.6. The van der Waals surface area contributed by atoms with Crippen LogP contribution in [0.5, 0.6) is 0 Å². The standard InChI is InChI=1S/C39H48O11Si.C17H15NO2/c1-22-27(42)20-39(45)34(48-35(44)25-15-11-9-12-16-25)32-37(6,33(43)31(47-23(2)40)30(22)36(39,4)5)28(19-29-38(32,21-46-29)49-24(3)41)50-51(7,8)26-17-13-10-14-18-26;1-12-15(13-8-4-2-5-9-13)18(16(12)19)17(20)14-10-6-3-7-11-14/h9-18,27-29,31-32,34,42,45H,19-21H2,1-8H3;2-12,15H,1H3/t27-,28-,29+,31+,32?,34-,37+,38-,39+;12-,15-/m01/s1. The Morgan fingerprint density at radius 1 is 0.775 bits per heavy atom. The van der Waals surface area contributed by atoms with Gasteiger partial charge in [0.1, 0.15) is 17.8 Å². The van der Waals surface area contributed by atoms with Crippen LogP contribution >= 0.6 is 0 Å². The Morgan fingerprint density at radius 2 is 1.32 bits per heavy atom. The molecule has 2 bridgehead atoms. The molecule has 2 heterocycles. The van der Waals surface area contributed by atoms with Gasteiger partial charge in [-0.1, -0.05) is 118 Å². The number of nitrogens with zero attached hydrogens (tertiary/aromatic N) is 1. The summed E-state index contributed by atoms with van der Waals surface area (Å²) in [5.74, 6) is -4.53. The third kappa shape index (κ3) is 8.68. The fourth-order valence-electron chi connectivity index (χ4n) is 12.0. The number of carbonyl (C=O) groups excluding carboxylic acids is 6. The average molecular weight is 986 g/mol. The van der Waals surface area contributed by atoms with E-state index < -0.39 is 90.5 Å². The van der Waals surface area contributed by atoms with Crippen molar-refractivity contribution >= 4 is 49.0 Å². The number of benzene rings is 4. The van der Waals surface area contributed by atoms with Gasteiger partial charge in [0.15, 0.2) is 17.5 Å². The van der Waals surface area contributed by atoms with E-state index >= 15 is 4.79 Å². The van der Waals surface area contributed by atoms with Crippen LogP contribution in [0, 0.1) is 22.7 Å². The predicted molar refractivity (Wildman–Crippen MR) is 263 cm³/mol. The Balaban J connectivity index is 0.000000280. The van der Waals surface area contributed by atoms with Gasteiger partial charge in [0.2, 0.25) is 14.2 Å². The van der Waals surface area contributed by atoms with Gasteiger partial charge in [-0.05, 0) is 73.1 Å². The first-order chi connectivity index (χ1) is 33.5. The van der Waals surface area contributed by atoms with Crippen LogP contribution in [-0.2, 0) is 42.6 Å². The molecule has 1 unspecified atom stereocenters. The second kappa shape index (κ2) is 19.1. The average Bonchev–Trinajstić information content (AvgIpc) is 3.34. The van der Waals surface area contributed by atoms with Crippen molar-refractivity contribution in [1.82, 2.24) is 4.90 Å². The Labute approximate surface area is 415 Å². The minimum Gasteiger partial charge on any atom is -0.455 e. The number of ether oxygens (including phenoxy) is 4. The Bertz CT molecular complexity index is 2730. The fourth-order valence-corrected chi connectivity index (χ4v) is 14.2. The lowest BCUT2D eigenvalue weighted by atomic mass is 9.44. The molecule has 9 rings (SSSR count). The van der Waals surface area contributed by atoms with Crippen LogP contribution in [0.1, 0.15) is 93.6 Å². The molecule has 71 heavy (non-hydrogen) atoms. The number of carbonyl (C=O) groups is 6. The maximum Gasteiger partial charge on any atom is 0.338 e. The SMILES string of the molecule is CC(=O)O[C@H]1C(=O)[C@@]2(C)C([C@H](OC(=O)c3ccccc3)[C@]3(O)C[C@H](O)C(C)=C1C3(C)C)[C@]1(OC(C)=O)CO[C@@H]1C[C@@H]2O[Si](C)(C)c1ccccc1.C[C@H]1C(=O)N(C(=O)c2ccccc2)[C@H]1c1ccccc1. The van der Waals surface area contributed by atoms with Gasteiger partial charge in [0.05, 0.1) is 47.7 Å². The molecule has 2 amide bonds. The third-order valence-corrected chi connectivity index (χ3v) is 18.4. The van der Waals surface area contributed by atoms with E-state index in [9.17, 15) is 34.2 Å². The summed E-state index contributed by atoms with van der Waals surface area (Å²) in [6, 6.07) is 36.4. The van der Waals surface area contributed by atoms with Crippen LogP contribution in [0.2, 0.25) is 13.1 Å². The lowest BCUT2D eigenvalue weighted by Gasteiger charge is -2.68. The van der Waals surface area contributed by atoms with E-state index in [-0.39, 0.29) is 54.4 Å². The van der Waals surface area contributed by atoms with Gasteiger partial charge in [-0.3, -0.25) is 28.9 Å². The number of amides is 2. The van der Waals surface area contributed by atoms with Crippen molar-refractivity contribution in [2.24, 2.45) is 22.7 Å².